The molecule has 4 saturated carbocycles. The zero-order chi connectivity index (χ0) is 43.7. The maximum Gasteiger partial charge on any atom is 0.234 e. The van der Waals surface area contributed by atoms with Gasteiger partial charge in [0.05, 0.1) is 38.4 Å². The molecule has 20 heteroatoms. The highest BCUT2D eigenvalue weighted by Gasteiger charge is 2.24. The Bertz CT molecular complexity index is 1570. The summed E-state index contributed by atoms with van der Waals surface area (Å²) in [5.74, 6) is 1.72. The van der Waals surface area contributed by atoms with Crippen molar-refractivity contribution in [3.05, 3.63) is 0 Å². The molecule has 20 nitrogen and oxygen atoms in total. The lowest BCUT2D eigenvalue weighted by atomic mass is 9.87. The van der Waals surface area contributed by atoms with Crippen molar-refractivity contribution in [3.63, 3.8) is 0 Å². The van der Waals surface area contributed by atoms with Crippen molar-refractivity contribution in [2.24, 2.45) is 63.6 Å². The average Bonchev–Trinajstić information content (AvgIpc) is 3.28. The summed E-state index contributed by atoms with van der Waals surface area (Å²) in [6.45, 7) is 2.20. The Morgan fingerprint density at radius 3 is 0.950 bits per heavy atom. The van der Waals surface area contributed by atoms with E-state index in [9.17, 15) is 19.2 Å². The van der Waals surface area contributed by atoms with Gasteiger partial charge >= 0.3 is 0 Å². The number of carbonyl (C=O) groups excluding carboxylic acids is 4. The second-order valence-electron chi connectivity index (χ2n) is 14.2. The van der Waals surface area contributed by atoms with Crippen LogP contribution in [0.5, 0.6) is 0 Å². The van der Waals surface area contributed by atoms with E-state index in [0.717, 1.165) is 103 Å². The molecule has 0 radical (unpaired) electrons. The molecule has 320 valence electrons. The largest absolute Gasteiger partial charge is 0.479 e. The van der Waals surface area contributed by atoms with Gasteiger partial charge in [0.25, 0.3) is 0 Å². The molecule has 0 amide bonds. The Kier molecular flexibility index (Phi) is 31.4. The SMILES string of the molecule is N#CN=COC1CCC(CN=C=O)CC1.N#CN=COC1CCC(CN=C=O)CC1.N#CN=CO[C@H]1CCCC(CN=C=O)C1.N#CN=CO[C@H]1CCCC(CN=C=O)C1. The fourth-order valence-electron chi connectivity index (χ4n) is 7.19. The van der Waals surface area contributed by atoms with Crippen LogP contribution < -0.4 is 0 Å². The Labute approximate surface area is 350 Å². The molecule has 0 aromatic rings. The monoisotopic (exact) mass is 828 g/mol. The number of nitrogens with zero attached hydrogens (tertiary/aromatic N) is 12. The lowest BCUT2D eigenvalue weighted by Crippen LogP contribution is -2.24. The van der Waals surface area contributed by atoms with Crippen LogP contribution in [0.15, 0.2) is 39.9 Å². The van der Waals surface area contributed by atoms with Crippen LogP contribution in [0.4, 0.5) is 0 Å². The van der Waals surface area contributed by atoms with Gasteiger partial charge in [-0.25, -0.2) is 39.1 Å². The lowest BCUT2D eigenvalue weighted by Gasteiger charge is -2.26. The predicted octanol–water partition coefficient (Wildman–Crippen LogP) is 5.63. The molecule has 0 saturated heterocycles. The molecule has 4 rings (SSSR count). The third-order valence-corrected chi connectivity index (χ3v) is 10.2. The standard InChI is InChI=1S/4C10H13N3O2/c2*11-6-13-8-15-10-3-1-9(2-4-10)5-12-7-14;2*11-6-13-8-15-10-3-1-2-9(4-10)5-12-7-14/h4*8-10H,1-5H2/t;;2*9?,10-/m..00/s1. The predicted molar refractivity (Wildman–Crippen MR) is 216 cm³/mol. The molecule has 0 aromatic carbocycles. The summed E-state index contributed by atoms with van der Waals surface area (Å²) in [7, 11) is 0. The molecule has 0 aromatic heterocycles. The van der Waals surface area contributed by atoms with Crippen molar-refractivity contribution in [2.75, 3.05) is 26.2 Å². The zero-order valence-corrected chi connectivity index (χ0v) is 33.7. The van der Waals surface area contributed by atoms with Crippen LogP contribution in [0.3, 0.4) is 0 Å². The van der Waals surface area contributed by atoms with Crippen molar-refractivity contribution >= 4 is 49.9 Å². The summed E-state index contributed by atoms with van der Waals surface area (Å²) < 4.78 is 21.1. The molecule has 2 unspecified atom stereocenters. The molecule has 4 fully saturated rings. The van der Waals surface area contributed by atoms with E-state index in [4.69, 9.17) is 40.0 Å². The minimum atomic E-state index is 0.0997. The maximum absolute atomic E-state index is 9.96. The summed E-state index contributed by atoms with van der Waals surface area (Å²) >= 11 is 0. The van der Waals surface area contributed by atoms with Gasteiger partial charge < -0.3 is 18.9 Å². The average molecular weight is 829 g/mol. The van der Waals surface area contributed by atoms with Gasteiger partial charge in [0.1, 0.15) is 12.2 Å². The van der Waals surface area contributed by atoms with Crippen LogP contribution in [0.1, 0.15) is 103 Å². The number of hydrogen-bond acceptors (Lipinski definition) is 20. The van der Waals surface area contributed by atoms with Crippen molar-refractivity contribution in [2.45, 2.75) is 127 Å². The second-order valence-corrected chi connectivity index (χ2v) is 14.2. The quantitative estimate of drug-likeness (QED) is 0.0791. The smallest absolute Gasteiger partial charge is 0.234 e. The fourth-order valence-corrected chi connectivity index (χ4v) is 7.19. The number of hydrogen-bond donors (Lipinski definition) is 0. The van der Waals surface area contributed by atoms with E-state index in [2.05, 4.69) is 39.9 Å². The van der Waals surface area contributed by atoms with Gasteiger partial charge in [-0.15, -0.1) is 20.0 Å². The summed E-state index contributed by atoms with van der Waals surface area (Å²) in [5, 5.41) is 32.7. The molecule has 0 heterocycles. The molecule has 4 atom stereocenters. The fraction of sp³-hybridized carbons (Fsp3) is 0.700. The first kappa shape index (κ1) is 51.4. The molecule has 0 spiro atoms. The summed E-state index contributed by atoms with van der Waals surface area (Å²) in [6.07, 6.45) is 33.6. The van der Waals surface area contributed by atoms with Gasteiger partial charge in [-0.2, -0.15) is 21.0 Å². The van der Waals surface area contributed by atoms with Gasteiger partial charge in [-0.1, -0.05) is 0 Å². The van der Waals surface area contributed by atoms with Gasteiger partial charge in [-0.05, 0) is 126 Å². The first-order valence-corrected chi connectivity index (χ1v) is 19.8. The number of rotatable bonds is 16. The maximum atomic E-state index is 9.96. The number of isocyanates is 4. The van der Waals surface area contributed by atoms with Crippen LogP contribution in [0, 0.1) is 69.5 Å². The normalized spacial score (nSPS) is 25.5. The van der Waals surface area contributed by atoms with Gasteiger partial charge in [0.2, 0.25) is 49.1 Å². The topological polar surface area (TPSA) is 299 Å². The van der Waals surface area contributed by atoms with E-state index < -0.39 is 0 Å². The first-order valence-electron chi connectivity index (χ1n) is 19.8. The third kappa shape index (κ3) is 27.1. The highest BCUT2D eigenvalue weighted by atomic mass is 16.5. The number of nitriles is 4. The minimum absolute atomic E-state index is 0.0997. The second kappa shape index (κ2) is 36.7. The van der Waals surface area contributed by atoms with Crippen LogP contribution in [-0.2, 0) is 38.1 Å². The molecule has 0 aliphatic heterocycles. The van der Waals surface area contributed by atoms with Crippen molar-refractivity contribution in [3.8, 4) is 24.8 Å². The van der Waals surface area contributed by atoms with Gasteiger partial charge in [-0.3, -0.25) is 0 Å². The van der Waals surface area contributed by atoms with E-state index >= 15 is 0 Å². The highest BCUT2D eigenvalue weighted by Crippen LogP contribution is 2.28. The Hall–Kier alpha value is -6.64. The van der Waals surface area contributed by atoms with E-state index in [1.807, 2.05) is 0 Å². The Morgan fingerprint density at radius 1 is 0.383 bits per heavy atom. The molecular formula is C40H52N12O8. The van der Waals surface area contributed by atoms with Crippen LogP contribution in [0.2, 0.25) is 0 Å². The summed E-state index contributed by atoms with van der Waals surface area (Å²) in [6, 6.07) is 0. The summed E-state index contributed by atoms with van der Waals surface area (Å²) in [4.78, 5) is 67.4. The van der Waals surface area contributed by atoms with Crippen molar-refractivity contribution in [1.29, 1.82) is 21.0 Å². The first-order chi connectivity index (χ1) is 29.5. The van der Waals surface area contributed by atoms with E-state index in [1.165, 1.54) is 25.6 Å². The molecule has 4 aliphatic rings. The van der Waals surface area contributed by atoms with Crippen LogP contribution in [-0.4, -0.2) is 101 Å². The number of aliphatic imine (C=N–C) groups is 8. The lowest BCUT2D eigenvalue weighted by molar-refractivity contribution is 0.122. The van der Waals surface area contributed by atoms with Crippen molar-refractivity contribution in [1.82, 2.24) is 0 Å². The zero-order valence-electron chi connectivity index (χ0n) is 33.7. The minimum Gasteiger partial charge on any atom is -0.479 e. The third-order valence-electron chi connectivity index (χ3n) is 10.2. The van der Waals surface area contributed by atoms with Crippen LogP contribution in [0.25, 0.3) is 0 Å². The van der Waals surface area contributed by atoms with Crippen LogP contribution >= 0.6 is 0 Å². The Morgan fingerprint density at radius 2 is 0.667 bits per heavy atom. The molecule has 4 aliphatic carbocycles. The number of ether oxygens (including phenoxy) is 4. The van der Waals surface area contributed by atoms with E-state index in [1.54, 1.807) is 49.1 Å². The van der Waals surface area contributed by atoms with Crippen molar-refractivity contribution < 1.29 is 38.1 Å². The molecule has 60 heavy (non-hydrogen) atoms. The highest BCUT2D eigenvalue weighted by molar-refractivity contribution is 5.49. The van der Waals surface area contributed by atoms with E-state index in [-0.39, 0.29) is 24.4 Å². The van der Waals surface area contributed by atoms with Gasteiger partial charge in [0.15, 0.2) is 25.6 Å². The Balaban J connectivity index is 0.000000400. The molecular weight excluding hydrogens is 777 g/mol. The molecule has 0 N–H and O–H groups in total. The summed E-state index contributed by atoms with van der Waals surface area (Å²) in [5.41, 5.74) is 0. The molecule has 0 bridgehead atoms. The van der Waals surface area contributed by atoms with Gasteiger partial charge in [0, 0.05) is 0 Å². The van der Waals surface area contributed by atoms with E-state index in [0.29, 0.717) is 49.9 Å².